The van der Waals surface area contributed by atoms with Crippen LogP contribution in [0, 0.1) is 0 Å². The van der Waals surface area contributed by atoms with Crippen LogP contribution >= 0.6 is 11.6 Å². The van der Waals surface area contributed by atoms with Gasteiger partial charge >= 0.3 is 6.03 Å². The fourth-order valence-corrected chi connectivity index (χ4v) is 2.94. The molecule has 0 aliphatic carbocycles. The van der Waals surface area contributed by atoms with Crippen molar-refractivity contribution >= 4 is 39.7 Å². The van der Waals surface area contributed by atoms with Gasteiger partial charge in [0.1, 0.15) is 5.65 Å². The highest BCUT2D eigenvalue weighted by molar-refractivity contribution is 6.30. The van der Waals surface area contributed by atoms with Crippen molar-refractivity contribution in [3.8, 4) is 0 Å². The largest absolute Gasteiger partial charge is 0.332 e. The molecule has 0 atom stereocenters. The normalized spacial score (nSPS) is 10.9. The average molecular weight is 351 g/mol. The zero-order chi connectivity index (χ0) is 17.2. The first-order chi connectivity index (χ1) is 12.2. The molecule has 4 aromatic rings. The third kappa shape index (κ3) is 3.27. The predicted molar refractivity (Wildman–Crippen MR) is 100 cm³/mol. The molecule has 124 valence electrons. The Bertz CT molecular complexity index is 1070. The number of hydrogen-bond acceptors (Lipinski definition) is 2. The maximum absolute atomic E-state index is 12.2. The summed E-state index contributed by atoms with van der Waals surface area (Å²) in [6.07, 6.45) is 3.63. The van der Waals surface area contributed by atoms with E-state index in [-0.39, 0.29) is 6.03 Å². The van der Waals surface area contributed by atoms with E-state index in [0.717, 1.165) is 27.8 Å². The van der Waals surface area contributed by atoms with Crippen LogP contribution in [0.1, 0.15) is 5.69 Å². The van der Waals surface area contributed by atoms with Gasteiger partial charge in [-0.05, 0) is 23.6 Å². The summed E-state index contributed by atoms with van der Waals surface area (Å²) in [5.41, 5.74) is 2.32. The van der Waals surface area contributed by atoms with E-state index in [9.17, 15) is 4.79 Å². The summed E-state index contributed by atoms with van der Waals surface area (Å²) in [5.74, 6) is 0. The lowest BCUT2D eigenvalue weighted by Crippen LogP contribution is -2.28. The van der Waals surface area contributed by atoms with Crippen LogP contribution in [-0.4, -0.2) is 15.4 Å². The fourth-order valence-electron chi connectivity index (χ4n) is 2.77. The number of pyridine rings is 1. The Kier molecular flexibility index (Phi) is 3.99. The van der Waals surface area contributed by atoms with Crippen LogP contribution in [-0.2, 0) is 6.54 Å². The highest BCUT2D eigenvalue weighted by Gasteiger charge is 2.07. The molecule has 0 aliphatic rings. The molecule has 2 amide bonds. The molecule has 0 bridgehead atoms. The molecular weight excluding hydrogens is 336 g/mol. The van der Waals surface area contributed by atoms with Crippen molar-refractivity contribution in [1.29, 1.82) is 0 Å². The SMILES string of the molecule is O=C(NCc1cn2cc(Cl)ccc2n1)Nc1cccc2ccccc12. The zero-order valence-corrected chi connectivity index (χ0v) is 14.0. The van der Waals surface area contributed by atoms with Crippen molar-refractivity contribution < 1.29 is 4.79 Å². The van der Waals surface area contributed by atoms with E-state index in [0.29, 0.717) is 11.6 Å². The Balaban J connectivity index is 1.46. The van der Waals surface area contributed by atoms with Gasteiger partial charge < -0.3 is 15.0 Å². The van der Waals surface area contributed by atoms with Crippen molar-refractivity contribution in [2.75, 3.05) is 5.32 Å². The van der Waals surface area contributed by atoms with Gasteiger partial charge in [-0.15, -0.1) is 0 Å². The van der Waals surface area contributed by atoms with E-state index in [4.69, 9.17) is 11.6 Å². The van der Waals surface area contributed by atoms with Crippen molar-refractivity contribution in [3.05, 3.63) is 77.7 Å². The minimum Gasteiger partial charge on any atom is -0.332 e. The number of rotatable bonds is 3. The van der Waals surface area contributed by atoms with Crippen LogP contribution < -0.4 is 10.6 Å². The van der Waals surface area contributed by atoms with Crippen LogP contribution in [0.25, 0.3) is 16.4 Å². The van der Waals surface area contributed by atoms with Crippen LogP contribution in [0.3, 0.4) is 0 Å². The van der Waals surface area contributed by atoms with Gasteiger partial charge in [0.25, 0.3) is 0 Å². The lowest BCUT2D eigenvalue weighted by atomic mass is 10.1. The smallest absolute Gasteiger partial charge is 0.319 e. The van der Waals surface area contributed by atoms with Gasteiger partial charge in [0, 0.05) is 17.8 Å². The topological polar surface area (TPSA) is 58.4 Å². The highest BCUT2D eigenvalue weighted by atomic mass is 35.5. The van der Waals surface area contributed by atoms with E-state index in [1.54, 1.807) is 12.3 Å². The van der Waals surface area contributed by atoms with Crippen LogP contribution in [0.4, 0.5) is 10.5 Å². The molecule has 2 aromatic heterocycles. The molecule has 0 saturated carbocycles. The Hall–Kier alpha value is -3.05. The number of benzene rings is 2. The monoisotopic (exact) mass is 350 g/mol. The Labute approximate surface area is 149 Å². The molecule has 2 heterocycles. The van der Waals surface area contributed by atoms with Gasteiger partial charge in [0.15, 0.2) is 0 Å². The number of imidazole rings is 1. The molecule has 5 nitrogen and oxygen atoms in total. The van der Waals surface area contributed by atoms with Gasteiger partial charge in [0.2, 0.25) is 0 Å². The number of carbonyl (C=O) groups is 1. The van der Waals surface area contributed by atoms with E-state index in [1.807, 2.05) is 59.1 Å². The summed E-state index contributed by atoms with van der Waals surface area (Å²) in [4.78, 5) is 16.7. The lowest BCUT2D eigenvalue weighted by molar-refractivity contribution is 0.251. The summed E-state index contributed by atoms with van der Waals surface area (Å²) < 4.78 is 1.84. The molecule has 0 saturated heterocycles. The first-order valence-corrected chi connectivity index (χ1v) is 8.22. The molecule has 0 spiro atoms. The summed E-state index contributed by atoms with van der Waals surface area (Å²) in [5, 5.41) is 8.44. The summed E-state index contributed by atoms with van der Waals surface area (Å²) in [7, 11) is 0. The van der Waals surface area contributed by atoms with Crippen molar-refractivity contribution in [2.45, 2.75) is 6.54 Å². The van der Waals surface area contributed by atoms with Crippen LogP contribution in [0.2, 0.25) is 5.02 Å². The fraction of sp³-hybridized carbons (Fsp3) is 0.0526. The number of amides is 2. The highest BCUT2D eigenvalue weighted by Crippen LogP contribution is 2.22. The molecule has 6 heteroatoms. The predicted octanol–water partition coefficient (Wildman–Crippen LogP) is 4.46. The second-order valence-corrected chi connectivity index (χ2v) is 6.12. The first-order valence-electron chi connectivity index (χ1n) is 7.85. The average Bonchev–Trinajstić information content (AvgIpc) is 3.02. The number of anilines is 1. The van der Waals surface area contributed by atoms with E-state index in [2.05, 4.69) is 15.6 Å². The molecule has 0 unspecified atom stereocenters. The molecule has 2 N–H and O–H groups in total. The Morgan fingerprint density at radius 3 is 2.80 bits per heavy atom. The third-order valence-electron chi connectivity index (χ3n) is 3.93. The third-order valence-corrected chi connectivity index (χ3v) is 4.16. The minimum atomic E-state index is -0.272. The van der Waals surface area contributed by atoms with Crippen LogP contribution in [0.15, 0.2) is 67.0 Å². The summed E-state index contributed by atoms with van der Waals surface area (Å²) in [6.45, 7) is 0.329. The number of nitrogens with zero attached hydrogens (tertiary/aromatic N) is 2. The molecule has 2 aromatic carbocycles. The van der Waals surface area contributed by atoms with Crippen LogP contribution in [0.5, 0.6) is 0 Å². The molecule has 4 rings (SSSR count). The molecule has 0 fully saturated rings. The lowest BCUT2D eigenvalue weighted by Gasteiger charge is -2.09. The first kappa shape index (κ1) is 15.5. The van der Waals surface area contributed by atoms with Gasteiger partial charge in [-0.3, -0.25) is 0 Å². The van der Waals surface area contributed by atoms with E-state index in [1.165, 1.54) is 0 Å². The number of hydrogen-bond donors (Lipinski definition) is 2. The van der Waals surface area contributed by atoms with Crippen molar-refractivity contribution in [3.63, 3.8) is 0 Å². The summed E-state index contributed by atoms with van der Waals surface area (Å²) >= 11 is 5.97. The quantitative estimate of drug-likeness (QED) is 0.573. The Morgan fingerprint density at radius 2 is 1.88 bits per heavy atom. The maximum Gasteiger partial charge on any atom is 0.319 e. The van der Waals surface area contributed by atoms with Gasteiger partial charge in [-0.2, -0.15) is 0 Å². The number of carbonyl (C=O) groups excluding carboxylic acids is 1. The summed E-state index contributed by atoms with van der Waals surface area (Å²) in [6, 6.07) is 17.1. The molecule has 0 radical (unpaired) electrons. The van der Waals surface area contributed by atoms with Gasteiger partial charge in [0.05, 0.1) is 22.9 Å². The molecule has 0 aliphatic heterocycles. The van der Waals surface area contributed by atoms with E-state index < -0.39 is 0 Å². The molecule has 25 heavy (non-hydrogen) atoms. The number of aromatic nitrogens is 2. The second-order valence-electron chi connectivity index (χ2n) is 5.68. The number of nitrogens with one attached hydrogen (secondary N) is 2. The van der Waals surface area contributed by atoms with Crippen molar-refractivity contribution in [1.82, 2.24) is 14.7 Å². The number of urea groups is 1. The second kappa shape index (κ2) is 6.45. The maximum atomic E-state index is 12.2. The van der Waals surface area contributed by atoms with Gasteiger partial charge in [-0.25, -0.2) is 9.78 Å². The number of halogens is 1. The van der Waals surface area contributed by atoms with E-state index >= 15 is 0 Å². The number of fused-ring (bicyclic) bond motifs is 2. The zero-order valence-electron chi connectivity index (χ0n) is 13.2. The van der Waals surface area contributed by atoms with Gasteiger partial charge in [-0.1, -0.05) is 48.0 Å². The minimum absolute atomic E-state index is 0.272. The standard InChI is InChI=1S/C19H15ClN4O/c20-14-8-9-18-22-15(12-24(18)11-14)10-21-19(25)23-17-7-3-5-13-4-1-2-6-16(13)17/h1-9,11-12H,10H2,(H2,21,23,25). The Morgan fingerprint density at radius 1 is 1.04 bits per heavy atom. The van der Waals surface area contributed by atoms with Crippen molar-refractivity contribution in [2.24, 2.45) is 0 Å². The molecular formula is C19H15ClN4O.